The van der Waals surface area contributed by atoms with Crippen molar-refractivity contribution in [3.63, 3.8) is 0 Å². The van der Waals surface area contributed by atoms with E-state index in [1.165, 1.54) is 10.7 Å². The topological polar surface area (TPSA) is 66.5 Å². The Bertz CT molecular complexity index is 695. The van der Waals surface area contributed by atoms with Crippen LogP contribution in [0.3, 0.4) is 0 Å². The first-order valence-electron chi connectivity index (χ1n) is 10.2. The lowest BCUT2D eigenvalue weighted by Crippen LogP contribution is -2.54. The average molecular weight is 395 g/mol. The summed E-state index contributed by atoms with van der Waals surface area (Å²) in [5.41, 5.74) is 0.330. The molecule has 1 saturated heterocycles. The van der Waals surface area contributed by atoms with Gasteiger partial charge in [0.1, 0.15) is 0 Å². The molecule has 6 heteroatoms. The number of nitrogens with one attached hydrogen (secondary N) is 1. The molecule has 1 fully saturated rings. The van der Waals surface area contributed by atoms with Gasteiger partial charge in [-0.1, -0.05) is 56.5 Å². The predicted octanol–water partition coefficient (Wildman–Crippen LogP) is 3.45. The summed E-state index contributed by atoms with van der Waals surface area (Å²) in [6, 6.07) is 9.95. The fraction of sp³-hybridized carbons (Fsp3) is 0.667. The first kappa shape index (κ1) is 21.9. The summed E-state index contributed by atoms with van der Waals surface area (Å²) < 4.78 is 26.0. The molecule has 1 aromatic carbocycles. The number of amides is 1. The standard InChI is InChI=1S/C21H34N2O3S/c1-4-6-8-11-18(3)22-20(24)21(19-12-9-7-10-13-19)14-16-23(17-15-21)27(25,26)5-2/h7,9-10,12-13,18H,4-6,8,11,14-17H2,1-3H3,(H,22,24). The monoisotopic (exact) mass is 394 g/mol. The number of benzene rings is 1. The number of unbranched alkanes of at least 4 members (excludes halogenated alkanes) is 2. The summed E-state index contributed by atoms with van der Waals surface area (Å²) in [6.07, 6.45) is 5.46. The van der Waals surface area contributed by atoms with Gasteiger partial charge in [0, 0.05) is 19.1 Å². The number of rotatable bonds is 9. The van der Waals surface area contributed by atoms with E-state index in [0.29, 0.717) is 25.9 Å². The Labute approximate surface area is 164 Å². The van der Waals surface area contributed by atoms with E-state index in [9.17, 15) is 13.2 Å². The highest BCUT2D eigenvalue weighted by Crippen LogP contribution is 2.37. The van der Waals surface area contributed by atoms with Crippen LogP contribution in [0.2, 0.25) is 0 Å². The second-order valence-corrected chi connectivity index (χ2v) is 9.88. The van der Waals surface area contributed by atoms with Gasteiger partial charge in [-0.15, -0.1) is 0 Å². The molecule has 1 heterocycles. The highest BCUT2D eigenvalue weighted by Gasteiger charge is 2.44. The van der Waals surface area contributed by atoms with Crippen LogP contribution in [0, 0.1) is 0 Å². The lowest BCUT2D eigenvalue weighted by atomic mass is 9.72. The summed E-state index contributed by atoms with van der Waals surface area (Å²) in [7, 11) is -3.22. The minimum absolute atomic E-state index is 0.0336. The molecule has 1 unspecified atom stereocenters. The fourth-order valence-electron chi connectivity index (χ4n) is 3.87. The zero-order valence-corrected chi connectivity index (χ0v) is 17.7. The van der Waals surface area contributed by atoms with Crippen LogP contribution in [-0.4, -0.2) is 43.5 Å². The molecule has 1 amide bonds. The summed E-state index contributed by atoms with van der Waals surface area (Å²) in [4.78, 5) is 13.3. The lowest BCUT2D eigenvalue weighted by molar-refractivity contribution is -0.129. The molecule has 0 aliphatic carbocycles. The molecule has 27 heavy (non-hydrogen) atoms. The van der Waals surface area contributed by atoms with E-state index < -0.39 is 15.4 Å². The zero-order valence-electron chi connectivity index (χ0n) is 16.9. The second-order valence-electron chi connectivity index (χ2n) is 7.62. The van der Waals surface area contributed by atoms with Crippen molar-refractivity contribution in [3.05, 3.63) is 35.9 Å². The van der Waals surface area contributed by atoms with Crippen molar-refractivity contribution < 1.29 is 13.2 Å². The minimum atomic E-state index is -3.22. The van der Waals surface area contributed by atoms with E-state index in [1.807, 2.05) is 30.3 Å². The van der Waals surface area contributed by atoms with Gasteiger partial charge in [0.25, 0.3) is 0 Å². The van der Waals surface area contributed by atoms with Crippen LogP contribution >= 0.6 is 0 Å². The van der Waals surface area contributed by atoms with Gasteiger partial charge in [-0.3, -0.25) is 4.79 Å². The third-order valence-corrected chi connectivity index (χ3v) is 7.59. The van der Waals surface area contributed by atoms with Crippen LogP contribution < -0.4 is 5.32 Å². The van der Waals surface area contributed by atoms with Crippen LogP contribution in [0.5, 0.6) is 0 Å². The van der Waals surface area contributed by atoms with Crippen LogP contribution in [0.4, 0.5) is 0 Å². The first-order chi connectivity index (χ1) is 12.9. The highest BCUT2D eigenvalue weighted by atomic mass is 32.2. The predicted molar refractivity (Wildman–Crippen MR) is 110 cm³/mol. The van der Waals surface area contributed by atoms with E-state index in [0.717, 1.165) is 24.8 Å². The molecule has 0 bridgehead atoms. The van der Waals surface area contributed by atoms with Crippen molar-refractivity contribution in [3.8, 4) is 0 Å². The number of piperidine rings is 1. The molecule has 0 radical (unpaired) electrons. The van der Waals surface area contributed by atoms with Crippen molar-refractivity contribution in [2.24, 2.45) is 0 Å². The van der Waals surface area contributed by atoms with Gasteiger partial charge < -0.3 is 5.32 Å². The molecule has 5 nitrogen and oxygen atoms in total. The summed E-state index contributed by atoms with van der Waals surface area (Å²) in [6.45, 7) is 6.68. The summed E-state index contributed by atoms with van der Waals surface area (Å²) >= 11 is 0. The number of hydrogen-bond acceptors (Lipinski definition) is 3. The Kier molecular flexibility index (Phi) is 7.86. The Balaban J connectivity index is 2.17. The van der Waals surface area contributed by atoms with Crippen LogP contribution in [0.25, 0.3) is 0 Å². The molecule has 0 spiro atoms. The van der Waals surface area contributed by atoms with Crippen molar-refractivity contribution in [1.29, 1.82) is 0 Å². The number of sulfonamides is 1. The normalized spacial score (nSPS) is 18.8. The van der Waals surface area contributed by atoms with Gasteiger partial charge in [-0.2, -0.15) is 0 Å². The van der Waals surface area contributed by atoms with Gasteiger partial charge in [-0.05, 0) is 38.7 Å². The van der Waals surface area contributed by atoms with Crippen molar-refractivity contribution in [2.75, 3.05) is 18.8 Å². The van der Waals surface area contributed by atoms with Crippen LogP contribution in [-0.2, 0) is 20.2 Å². The number of nitrogens with zero attached hydrogens (tertiary/aromatic N) is 1. The number of carbonyl (C=O) groups is 1. The van der Waals surface area contributed by atoms with Crippen molar-refractivity contribution >= 4 is 15.9 Å². The second kappa shape index (κ2) is 9.69. The first-order valence-corrected chi connectivity index (χ1v) is 11.8. The molecule has 0 saturated carbocycles. The third kappa shape index (κ3) is 5.32. The van der Waals surface area contributed by atoms with Gasteiger partial charge in [-0.25, -0.2) is 12.7 Å². The lowest BCUT2D eigenvalue weighted by Gasteiger charge is -2.41. The highest BCUT2D eigenvalue weighted by molar-refractivity contribution is 7.89. The van der Waals surface area contributed by atoms with Crippen LogP contribution in [0.1, 0.15) is 64.9 Å². The third-order valence-electron chi connectivity index (χ3n) is 5.71. The largest absolute Gasteiger partial charge is 0.353 e. The van der Waals surface area contributed by atoms with Gasteiger partial charge in [0.15, 0.2) is 0 Å². The quantitative estimate of drug-likeness (QED) is 0.652. The molecule has 152 valence electrons. The molecule has 1 aliphatic rings. The molecule has 1 N–H and O–H groups in total. The minimum Gasteiger partial charge on any atom is -0.353 e. The zero-order chi connectivity index (χ0) is 19.9. The van der Waals surface area contributed by atoms with Crippen molar-refractivity contribution in [2.45, 2.75) is 70.8 Å². The maximum absolute atomic E-state index is 13.3. The number of carbonyl (C=O) groups excluding carboxylic acids is 1. The maximum Gasteiger partial charge on any atom is 0.230 e. The van der Waals surface area contributed by atoms with E-state index in [1.54, 1.807) is 6.92 Å². The van der Waals surface area contributed by atoms with E-state index in [4.69, 9.17) is 0 Å². The van der Waals surface area contributed by atoms with Crippen LogP contribution in [0.15, 0.2) is 30.3 Å². The van der Waals surface area contributed by atoms with Crippen molar-refractivity contribution in [1.82, 2.24) is 9.62 Å². The smallest absolute Gasteiger partial charge is 0.230 e. The summed E-state index contributed by atoms with van der Waals surface area (Å²) in [5.74, 6) is 0.137. The van der Waals surface area contributed by atoms with Gasteiger partial charge in [0.2, 0.25) is 15.9 Å². The van der Waals surface area contributed by atoms with E-state index in [2.05, 4.69) is 19.2 Å². The summed E-state index contributed by atoms with van der Waals surface area (Å²) in [5, 5.41) is 3.21. The molecule has 1 aromatic rings. The molecular formula is C21H34N2O3S. The molecule has 2 rings (SSSR count). The van der Waals surface area contributed by atoms with Gasteiger partial charge >= 0.3 is 0 Å². The Morgan fingerprint density at radius 1 is 1.15 bits per heavy atom. The van der Waals surface area contributed by atoms with E-state index >= 15 is 0 Å². The number of hydrogen-bond donors (Lipinski definition) is 1. The Morgan fingerprint density at radius 2 is 1.78 bits per heavy atom. The van der Waals surface area contributed by atoms with E-state index in [-0.39, 0.29) is 17.7 Å². The average Bonchev–Trinajstić information content (AvgIpc) is 2.68. The fourth-order valence-corrected chi connectivity index (χ4v) is 4.97. The molecule has 0 aromatic heterocycles. The Morgan fingerprint density at radius 3 is 2.33 bits per heavy atom. The Hall–Kier alpha value is -1.40. The SMILES string of the molecule is CCCCCC(C)NC(=O)C1(c2ccccc2)CCN(S(=O)(=O)CC)CC1. The van der Waals surface area contributed by atoms with Gasteiger partial charge in [0.05, 0.1) is 11.2 Å². The molecule has 1 atom stereocenters. The molecule has 1 aliphatic heterocycles. The molecular weight excluding hydrogens is 360 g/mol. The maximum atomic E-state index is 13.3.